The summed E-state index contributed by atoms with van der Waals surface area (Å²) in [5, 5.41) is 7.19. The summed E-state index contributed by atoms with van der Waals surface area (Å²) in [4.78, 5) is 2.45. The first-order chi connectivity index (χ1) is 30.2. The summed E-state index contributed by atoms with van der Waals surface area (Å²) in [5.41, 5.74) is 14.5. The first kappa shape index (κ1) is 35.2. The number of rotatable bonds is 7. The van der Waals surface area contributed by atoms with E-state index in [1.807, 2.05) is 11.3 Å². The SMILES string of the molecule is c1ccc(-c2ccc3c(c2)sc2cccc(N(c4ccc(-c5ccc(-c6cccc7ccccc67)cc5)cc4)c4ccc(-c5ccccc5)c5oc6ccccc6c45)c23)cc1. The quantitative estimate of drug-likeness (QED) is 0.160. The molecule has 0 aliphatic rings. The molecule has 12 aromatic rings. The van der Waals surface area contributed by atoms with Gasteiger partial charge in [-0.15, -0.1) is 11.3 Å². The van der Waals surface area contributed by atoms with Gasteiger partial charge in [-0.05, 0) is 98.2 Å². The second-order valence-electron chi connectivity index (χ2n) is 15.6. The van der Waals surface area contributed by atoms with Gasteiger partial charge in [0.25, 0.3) is 0 Å². The summed E-state index contributed by atoms with van der Waals surface area (Å²) in [5.74, 6) is 0. The number of hydrogen-bond acceptors (Lipinski definition) is 3. The molecule has 2 aromatic heterocycles. The second-order valence-corrected chi connectivity index (χ2v) is 16.7. The molecule has 0 unspecified atom stereocenters. The van der Waals surface area contributed by atoms with Gasteiger partial charge in [0.2, 0.25) is 0 Å². The fourth-order valence-corrected chi connectivity index (χ4v) is 10.3. The van der Waals surface area contributed by atoms with E-state index in [2.05, 4.69) is 229 Å². The summed E-state index contributed by atoms with van der Waals surface area (Å²) >= 11 is 1.85. The van der Waals surface area contributed by atoms with Crippen LogP contribution in [0.4, 0.5) is 17.1 Å². The molecule has 10 aromatic carbocycles. The highest BCUT2D eigenvalue weighted by molar-refractivity contribution is 7.26. The number of hydrogen-bond donors (Lipinski definition) is 0. The second kappa shape index (κ2) is 14.5. The van der Waals surface area contributed by atoms with E-state index in [0.717, 1.165) is 50.1 Å². The third-order valence-electron chi connectivity index (χ3n) is 12.1. The Morgan fingerprint density at radius 3 is 1.74 bits per heavy atom. The lowest BCUT2D eigenvalue weighted by atomic mass is 9.96. The maximum atomic E-state index is 6.82. The first-order valence-electron chi connectivity index (χ1n) is 20.7. The molecule has 0 aliphatic carbocycles. The summed E-state index contributed by atoms with van der Waals surface area (Å²) in [7, 11) is 0. The summed E-state index contributed by atoms with van der Waals surface area (Å²) in [6.45, 7) is 0. The van der Waals surface area contributed by atoms with Crippen molar-refractivity contribution in [2.24, 2.45) is 0 Å². The molecule has 61 heavy (non-hydrogen) atoms. The van der Waals surface area contributed by atoms with Gasteiger partial charge in [0, 0.05) is 36.8 Å². The topological polar surface area (TPSA) is 16.4 Å². The average Bonchev–Trinajstić information content (AvgIpc) is 3.92. The zero-order chi connectivity index (χ0) is 40.3. The van der Waals surface area contributed by atoms with E-state index in [0.29, 0.717) is 0 Å². The van der Waals surface area contributed by atoms with E-state index >= 15 is 0 Å². The van der Waals surface area contributed by atoms with Crippen molar-refractivity contribution in [2.75, 3.05) is 4.90 Å². The number of furan rings is 1. The van der Waals surface area contributed by atoms with Crippen LogP contribution in [0, 0.1) is 0 Å². The standard InChI is InChI=1S/C58H37NOS/c1-3-13-38(14-4-1)44-31-34-50-55(37-44)61-54-24-12-22-51(56(50)54)59(52-36-35-48(42-15-5-2-6-16-42)58-57(52)49-20-9-10-23-53(49)60-58)45-32-29-40(30-33-45)39-25-27-43(28-26-39)47-21-11-18-41-17-7-8-19-46(41)47/h1-37H. The van der Waals surface area contributed by atoms with E-state index in [9.17, 15) is 0 Å². The molecule has 0 saturated carbocycles. The highest BCUT2D eigenvalue weighted by Gasteiger charge is 2.24. The van der Waals surface area contributed by atoms with E-state index in [1.54, 1.807) is 0 Å². The van der Waals surface area contributed by atoms with Crippen LogP contribution in [0.3, 0.4) is 0 Å². The molecule has 0 spiro atoms. The highest BCUT2D eigenvalue weighted by Crippen LogP contribution is 2.50. The van der Waals surface area contributed by atoms with Crippen molar-refractivity contribution in [2.45, 2.75) is 0 Å². The van der Waals surface area contributed by atoms with E-state index in [1.165, 1.54) is 64.3 Å². The summed E-state index contributed by atoms with van der Waals surface area (Å²) < 4.78 is 9.33. The van der Waals surface area contributed by atoms with Crippen molar-refractivity contribution in [3.05, 3.63) is 224 Å². The Labute approximate surface area is 357 Å². The Morgan fingerprint density at radius 2 is 0.934 bits per heavy atom. The van der Waals surface area contributed by atoms with Crippen LogP contribution < -0.4 is 4.90 Å². The van der Waals surface area contributed by atoms with Gasteiger partial charge < -0.3 is 9.32 Å². The fraction of sp³-hybridized carbons (Fsp3) is 0. The maximum Gasteiger partial charge on any atom is 0.145 e. The van der Waals surface area contributed by atoms with Crippen LogP contribution >= 0.6 is 11.3 Å². The predicted molar refractivity (Wildman–Crippen MR) is 261 cm³/mol. The predicted octanol–water partition coefficient (Wildman–Crippen LogP) is 17.2. The molecule has 0 saturated heterocycles. The first-order valence-corrected chi connectivity index (χ1v) is 21.6. The van der Waals surface area contributed by atoms with Crippen LogP contribution in [0.15, 0.2) is 229 Å². The van der Waals surface area contributed by atoms with Gasteiger partial charge in [0.05, 0.1) is 16.8 Å². The lowest BCUT2D eigenvalue weighted by Crippen LogP contribution is -2.11. The zero-order valence-corrected chi connectivity index (χ0v) is 33.9. The van der Waals surface area contributed by atoms with Crippen molar-refractivity contribution in [1.29, 1.82) is 0 Å². The number of benzene rings is 10. The number of fused-ring (bicyclic) bond motifs is 7. The zero-order valence-electron chi connectivity index (χ0n) is 33.1. The van der Waals surface area contributed by atoms with Crippen LogP contribution in [-0.2, 0) is 0 Å². The van der Waals surface area contributed by atoms with Crippen molar-refractivity contribution in [3.8, 4) is 44.5 Å². The van der Waals surface area contributed by atoms with Gasteiger partial charge in [0.1, 0.15) is 11.2 Å². The van der Waals surface area contributed by atoms with Crippen LogP contribution in [0.1, 0.15) is 0 Å². The van der Waals surface area contributed by atoms with E-state index in [4.69, 9.17) is 4.42 Å². The van der Waals surface area contributed by atoms with Crippen molar-refractivity contribution < 1.29 is 4.42 Å². The molecule has 12 rings (SSSR count). The minimum absolute atomic E-state index is 0.872. The smallest absolute Gasteiger partial charge is 0.145 e. The number of anilines is 3. The highest BCUT2D eigenvalue weighted by atomic mass is 32.1. The van der Waals surface area contributed by atoms with Crippen molar-refractivity contribution in [1.82, 2.24) is 0 Å². The van der Waals surface area contributed by atoms with Crippen LogP contribution in [0.2, 0.25) is 0 Å². The Bertz CT molecular complexity index is 3560. The molecule has 0 atom stereocenters. The normalized spacial score (nSPS) is 11.6. The average molecular weight is 796 g/mol. The largest absolute Gasteiger partial charge is 0.455 e. The molecular formula is C58H37NOS. The minimum atomic E-state index is 0.872. The molecule has 0 amide bonds. The van der Waals surface area contributed by atoms with Gasteiger partial charge in [0.15, 0.2) is 0 Å². The fourth-order valence-electron chi connectivity index (χ4n) is 9.18. The van der Waals surface area contributed by atoms with Crippen LogP contribution in [0.25, 0.3) is 97.4 Å². The van der Waals surface area contributed by atoms with Gasteiger partial charge >= 0.3 is 0 Å². The lowest BCUT2D eigenvalue weighted by molar-refractivity contribution is 0.670. The molecule has 0 N–H and O–H groups in total. The molecule has 0 aliphatic heterocycles. The lowest BCUT2D eigenvalue weighted by Gasteiger charge is -2.28. The van der Waals surface area contributed by atoms with Crippen LogP contribution in [0.5, 0.6) is 0 Å². The molecular weight excluding hydrogens is 759 g/mol. The maximum absolute atomic E-state index is 6.82. The molecule has 0 fully saturated rings. The van der Waals surface area contributed by atoms with Crippen LogP contribution in [-0.4, -0.2) is 0 Å². The number of para-hydroxylation sites is 1. The van der Waals surface area contributed by atoms with Crippen molar-refractivity contribution >= 4 is 81.3 Å². The van der Waals surface area contributed by atoms with Gasteiger partial charge in [-0.1, -0.05) is 176 Å². The van der Waals surface area contributed by atoms with Gasteiger partial charge in [-0.3, -0.25) is 0 Å². The Hall–Kier alpha value is -7.72. The molecule has 2 nitrogen and oxygen atoms in total. The Morgan fingerprint density at radius 1 is 0.344 bits per heavy atom. The van der Waals surface area contributed by atoms with Crippen molar-refractivity contribution in [3.63, 3.8) is 0 Å². The molecule has 2 heterocycles. The molecule has 286 valence electrons. The third kappa shape index (κ3) is 6.01. The number of nitrogens with zero attached hydrogens (tertiary/aromatic N) is 1. The molecule has 0 bridgehead atoms. The summed E-state index contributed by atoms with van der Waals surface area (Å²) in [6, 6.07) is 81.0. The summed E-state index contributed by atoms with van der Waals surface area (Å²) in [6.07, 6.45) is 0. The Kier molecular flexibility index (Phi) is 8.39. The minimum Gasteiger partial charge on any atom is -0.455 e. The molecule has 0 radical (unpaired) electrons. The monoisotopic (exact) mass is 795 g/mol. The Balaban J connectivity index is 1.04. The molecule has 3 heteroatoms. The van der Waals surface area contributed by atoms with E-state index < -0.39 is 0 Å². The van der Waals surface area contributed by atoms with Gasteiger partial charge in [-0.25, -0.2) is 0 Å². The van der Waals surface area contributed by atoms with E-state index in [-0.39, 0.29) is 0 Å². The third-order valence-corrected chi connectivity index (χ3v) is 13.2. The van der Waals surface area contributed by atoms with Gasteiger partial charge in [-0.2, -0.15) is 0 Å². The number of thiophene rings is 1.